The molecule has 1 unspecified atom stereocenters. The molecule has 0 bridgehead atoms. The minimum atomic E-state index is 0.0515. The van der Waals surface area contributed by atoms with Crippen LogP contribution in [-0.4, -0.2) is 39.0 Å². The highest BCUT2D eigenvalue weighted by atomic mass is 16.5. The lowest BCUT2D eigenvalue weighted by Crippen LogP contribution is -2.28. The van der Waals surface area contributed by atoms with Gasteiger partial charge < -0.3 is 9.42 Å². The van der Waals surface area contributed by atoms with Crippen LogP contribution in [-0.2, 0) is 0 Å². The number of carbonyl (C=O) groups is 1. The van der Waals surface area contributed by atoms with Crippen molar-refractivity contribution in [2.45, 2.75) is 19.3 Å². The summed E-state index contributed by atoms with van der Waals surface area (Å²) >= 11 is 0. The zero-order valence-electron chi connectivity index (χ0n) is 13.9. The van der Waals surface area contributed by atoms with Gasteiger partial charge in [0.25, 0.3) is 5.91 Å². The van der Waals surface area contributed by atoms with Gasteiger partial charge in [-0.3, -0.25) is 9.78 Å². The van der Waals surface area contributed by atoms with E-state index in [2.05, 4.69) is 15.1 Å². The number of likely N-dealkylation sites (tertiary alicyclic amines) is 1. The molecule has 6 nitrogen and oxygen atoms in total. The van der Waals surface area contributed by atoms with Gasteiger partial charge in [0.1, 0.15) is 5.69 Å². The zero-order valence-corrected chi connectivity index (χ0v) is 13.9. The van der Waals surface area contributed by atoms with Crippen molar-refractivity contribution in [3.05, 3.63) is 65.7 Å². The first-order valence-electron chi connectivity index (χ1n) is 8.31. The fraction of sp³-hybridized carbons (Fsp3) is 0.263. The Hall–Kier alpha value is -3.02. The van der Waals surface area contributed by atoms with Crippen LogP contribution in [0.2, 0.25) is 0 Å². The molecule has 0 N–H and O–H groups in total. The van der Waals surface area contributed by atoms with Gasteiger partial charge >= 0.3 is 0 Å². The molecule has 3 heterocycles. The maximum atomic E-state index is 12.7. The van der Waals surface area contributed by atoms with Gasteiger partial charge in [0.2, 0.25) is 11.7 Å². The van der Waals surface area contributed by atoms with Gasteiger partial charge in [0.15, 0.2) is 0 Å². The number of aromatic nitrogens is 3. The standard InChI is InChI=1S/C19H18N4O2/c1-13-5-4-6-14(11-13)19(24)23-10-8-15(12-23)18-21-17(22-25-18)16-7-2-3-9-20-16/h2-7,9,11,15H,8,10,12H2,1H3. The van der Waals surface area contributed by atoms with E-state index in [0.29, 0.717) is 30.5 Å². The van der Waals surface area contributed by atoms with Crippen LogP contribution in [0.25, 0.3) is 11.5 Å². The van der Waals surface area contributed by atoms with E-state index in [1.165, 1.54) is 0 Å². The van der Waals surface area contributed by atoms with Crippen LogP contribution in [0.5, 0.6) is 0 Å². The first-order chi connectivity index (χ1) is 12.2. The molecule has 1 fully saturated rings. The first-order valence-corrected chi connectivity index (χ1v) is 8.31. The van der Waals surface area contributed by atoms with Crippen LogP contribution in [0.3, 0.4) is 0 Å². The van der Waals surface area contributed by atoms with Crippen molar-refractivity contribution in [1.82, 2.24) is 20.0 Å². The van der Waals surface area contributed by atoms with E-state index in [0.717, 1.165) is 17.5 Å². The van der Waals surface area contributed by atoms with Crippen LogP contribution in [0.4, 0.5) is 0 Å². The van der Waals surface area contributed by atoms with Gasteiger partial charge in [0, 0.05) is 24.8 Å². The summed E-state index contributed by atoms with van der Waals surface area (Å²) in [5.41, 5.74) is 2.49. The number of amides is 1. The average molecular weight is 334 g/mol. The monoisotopic (exact) mass is 334 g/mol. The number of hydrogen-bond donors (Lipinski definition) is 0. The van der Waals surface area contributed by atoms with Crippen molar-refractivity contribution in [1.29, 1.82) is 0 Å². The molecule has 1 aliphatic rings. The third-order valence-corrected chi connectivity index (χ3v) is 4.43. The van der Waals surface area contributed by atoms with Gasteiger partial charge in [-0.2, -0.15) is 4.98 Å². The third kappa shape index (κ3) is 3.15. The normalized spacial score (nSPS) is 17.0. The van der Waals surface area contributed by atoms with Gasteiger partial charge in [0.05, 0.1) is 5.92 Å². The second-order valence-corrected chi connectivity index (χ2v) is 6.28. The topological polar surface area (TPSA) is 72.1 Å². The molecular formula is C19H18N4O2. The van der Waals surface area contributed by atoms with E-state index >= 15 is 0 Å². The number of pyridine rings is 1. The Morgan fingerprint density at radius 3 is 2.96 bits per heavy atom. The lowest BCUT2D eigenvalue weighted by Gasteiger charge is -2.16. The maximum absolute atomic E-state index is 12.7. The van der Waals surface area contributed by atoms with Crippen molar-refractivity contribution in [3.63, 3.8) is 0 Å². The summed E-state index contributed by atoms with van der Waals surface area (Å²) in [5.74, 6) is 1.17. The van der Waals surface area contributed by atoms with Crippen LogP contribution in [0, 0.1) is 6.92 Å². The number of aryl methyl sites for hydroxylation is 1. The van der Waals surface area contributed by atoms with Crippen LogP contribution < -0.4 is 0 Å². The predicted molar refractivity (Wildman–Crippen MR) is 92.0 cm³/mol. The molecule has 3 aromatic rings. The summed E-state index contributed by atoms with van der Waals surface area (Å²) < 4.78 is 5.42. The maximum Gasteiger partial charge on any atom is 0.253 e. The molecular weight excluding hydrogens is 316 g/mol. The molecule has 1 aliphatic heterocycles. The van der Waals surface area contributed by atoms with Crippen molar-refractivity contribution in [2.75, 3.05) is 13.1 Å². The SMILES string of the molecule is Cc1cccc(C(=O)N2CCC(c3nc(-c4ccccn4)no3)C2)c1. The lowest BCUT2D eigenvalue weighted by molar-refractivity contribution is 0.0789. The van der Waals surface area contributed by atoms with Crippen LogP contribution in [0.15, 0.2) is 53.2 Å². The Morgan fingerprint density at radius 1 is 1.24 bits per heavy atom. The van der Waals surface area contributed by atoms with Crippen molar-refractivity contribution in [3.8, 4) is 11.5 Å². The van der Waals surface area contributed by atoms with Gasteiger partial charge in [-0.25, -0.2) is 0 Å². The van der Waals surface area contributed by atoms with Gasteiger partial charge in [-0.15, -0.1) is 0 Å². The summed E-state index contributed by atoms with van der Waals surface area (Å²) in [5, 5.41) is 4.02. The average Bonchev–Trinajstić information content (AvgIpc) is 3.31. The minimum Gasteiger partial charge on any atom is -0.339 e. The van der Waals surface area contributed by atoms with E-state index in [4.69, 9.17) is 4.52 Å². The molecule has 6 heteroatoms. The van der Waals surface area contributed by atoms with Crippen LogP contribution >= 0.6 is 0 Å². The molecule has 1 saturated heterocycles. The smallest absolute Gasteiger partial charge is 0.253 e. The zero-order chi connectivity index (χ0) is 17.2. The minimum absolute atomic E-state index is 0.0515. The van der Waals surface area contributed by atoms with Crippen molar-refractivity contribution in [2.24, 2.45) is 0 Å². The molecule has 1 amide bonds. The van der Waals surface area contributed by atoms with Gasteiger partial charge in [-0.05, 0) is 37.6 Å². The number of carbonyl (C=O) groups excluding carboxylic acids is 1. The number of nitrogens with zero attached hydrogens (tertiary/aromatic N) is 4. The number of hydrogen-bond acceptors (Lipinski definition) is 5. The molecule has 1 atom stereocenters. The Labute approximate surface area is 145 Å². The summed E-state index contributed by atoms with van der Waals surface area (Å²) in [4.78, 5) is 23.2. The molecule has 0 saturated carbocycles. The Balaban J connectivity index is 1.48. The Morgan fingerprint density at radius 2 is 2.16 bits per heavy atom. The molecule has 0 spiro atoms. The van der Waals surface area contributed by atoms with E-state index in [-0.39, 0.29) is 11.8 Å². The lowest BCUT2D eigenvalue weighted by atomic mass is 10.1. The predicted octanol–water partition coefficient (Wildman–Crippen LogP) is 3.07. The Bertz CT molecular complexity index is 891. The number of benzene rings is 1. The second-order valence-electron chi connectivity index (χ2n) is 6.28. The summed E-state index contributed by atoms with van der Waals surface area (Å²) in [6.07, 6.45) is 2.52. The second kappa shape index (κ2) is 6.47. The van der Waals surface area contributed by atoms with E-state index in [1.807, 2.05) is 54.3 Å². The van der Waals surface area contributed by atoms with Gasteiger partial charge in [-0.1, -0.05) is 28.9 Å². The molecule has 25 heavy (non-hydrogen) atoms. The molecule has 1 aromatic carbocycles. The molecule has 0 aliphatic carbocycles. The van der Waals surface area contributed by atoms with E-state index < -0.39 is 0 Å². The quantitative estimate of drug-likeness (QED) is 0.736. The summed E-state index contributed by atoms with van der Waals surface area (Å²) in [7, 11) is 0. The van der Waals surface area contributed by atoms with Crippen LogP contribution in [0.1, 0.15) is 34.2 Å². The largest absolute Gasteiger partial charge is 0.339 e. The first kappa shape index (κ1) is 15.5. The van der Waals surface area contributed by atoms with Crippen molar-refractivity contribution < 1.29 is 9.32 Å². The number of rotatable bonds is 3. The Kier molecular flexibility index (Phi) is 4.01. The fourth-order valence-electron chi connectivity index (χ4n) is 3.11. The summed E-state index contributed by atoms with van der Waals surface area (Å²) in [6, 6.07) is 13.2. The van der Waals surface area contributed by atoms with E-state index in [9.17, 15) is 4.79 Å². The fourth-order valence-corrected chi connectivity index (χ4v) is 3.11. The highest BCUT2D eigenvalue weighted by Crippen LogP contribution is 2.28. The molecule has 126 valence electrons. The molecule has 0 radical (unpaired) electrons. The van der Waals surface area contributed by atoms with Crippen molar-refractivity contribution >= 4 is 5.91 Å². The molecule has 4 rings (SSSR count). The summed E-state index contributed by atoms with van der Waals surface area (Å²) in [6.45, 7) is 3.27. The highest BCUT2D eigenvalue weighted by Gasteiger charge is 2.31. The highest BCUT2D eigenvalue weighted by molar-refractivity contribution is 5.94. The third-order valence-electron chi connectivity index (χ3n) is 4.43. The van der Waals surface area contributed by atoms with E-state index in [1.54, 1.807) is 6.20 Å². The molecule has 2 aromatic heterocycles.